The zero-order valence-electron chi connectivity index (χ0n) is 14.5. The number of carbonyl (C=O) groups excluding carboxylic acids is 1. The van der Waals surface area contributed by atoms with Crippen LogP contribution in [0.25, 0.3) is 0 Å². The summed E-state index contributed by atoms with van der Waals surface area (Å²) >= 11 is 4.75. The maximum atomic E-state index is 12.4. The molecular weight excluding hydrogens is 432 g/mol. The molecule has 1 aliphatic carbocycles. The summed E-state index contributed by atoms with van der Waals surface area (Å²) in [6.45, 7) is 2.39. The number of thioether (sulfide) groups is 1. The van der Waals surface area contributed by atoms with E-state index >= 15 is 0 Å². The van der Waals surface area contributed by atoms with Gasteiger partial charge < -0.3 is 0 Å². The second kappa shape index (κ2) is 7.77. The maximum Gasteiger partial charge on any atom is 0.248 e. The lowest BCUT2D eigenvalue weighted by atomic mass is 10.2. The molecular formula is C16H17BrN8OS. The number of tetrazole rings is 1. The van der Waals surface area contributed by atoms with Crippen LogP contribution in [0.2, 0.25) is 0 Å². The van der Waals surface area contributed by atoms with Crippen molar-refractivity contribution in [3.05, 3.63) is 40.6 Å². The molecule has 9 nitrogen and oxygen atoms in total. The van der Waals surface area contributed by atoms with Crippen molar-refractivity contribution >= 4 is 39.5 Å². The number of aromatic nitrogens is 7. The Balaban J connectivity index is 1.34. The van der Waals surface area contributed by atoms with Crippen LogP contribution in [0.15, 0.2) is 40.2 Å². The molecule has 11 heteroatoms. The molecule has 0 aliphatic heterocycles. The molecule has 1 fully saturated rings. The number of nitrogens with one attached hydrogen (secondary N) is 1. The molecule has 0 spiro atoms. The van der Waals surface area contributed by atoms with E-state index in [1.807, 2.05) is 31.2 Å². The number of amides is 1. The molecule has 4 rings (SSSR count). The van der Waals surface area contributed by atoms with Crippen molar-refractivity contribution in [2.45, 2.75) is 42.8 Å². The third kappa shape index (κ3) is 4.53. The van der Waals surface area contributed by atoms with Gasteiger partial charge in [0, 0.05) is 4.47 Å². The molecule has 1 unspecified atom stereocenters. The van der Waals surface area contributed by atoms with Crippen LogP contribution in [0.3, 0.4) is 0 Å². The Bertz CT molecular complexity index is 936. The van der Waals surface area contributed by atoms with Crippen molar-refractivity contribution in [1.29, 1.82) is 0 Å². The summed E-state index contributed by atoms with van der Waals surface area (Å²) in [5.74, 6) is 0.0954. The summed E-state index contributed by atoms with van der Waals surface area (Å²) in [4.78, 5) is 16.6. The van der Waals surface area contributed by atoms with Crippen LogP contribution in [0.1, 0.15) is 31.4 Å². The van der Waals surface area contributed by atoms with Crippen LogP contribution in [0.5, 0.6) is 0 Å². The first-order valence-electron chi connectivity index (χ1n) is 8.48. The van der Waals surface area contributed by atoms with E-state index in [0.29, 0.717) is 17.7 Å². The van der Waals surface area contributed by atoms with Crippen LogP contribution < -0.4 is 5.32 Å². The highest BCUT2D eigenvalue weighted by Crippen LogP contribution is 2.37. The van der Waals surface area contributed by atoms with E-state index in [4.69, 9.17) is 0 Å². The molecule has 2 heterocycles. The van der Waals surface area contributed by atoms with Crippen molar-refractivity contribution in [2.24, 2.45) is 0 Å². The van der Waals surface area contributed by atoms with E-state index in [0.717, 1.165) is 22.9 Å². The van der Waals surface area contributed by atoms with Crippen LogP contribution in [0, 0.1) is 0 Å². The standard InChI is InChI=1S/C16H17BrN8OS/c1-10(27-16-20-22-23-25(16)13-6-7-13)14(26)19-15-18-9-24(21-15)8-11-2-4-12(17)5-3-11/h2-5,9-10,13H,6-8H2,1H3,(H,19,21,26). The molecule has 1 amide bonds. The van der Waals surface area contributed by atoms with E-state index in [9.17, 15) is 4.79 Å². The number of anilines is 1. The molecule has 0 saturated heterocycles. The largest absolute Gasteiger partial charge is 0.292 e. The normalized spacial score (nSPS) is 14.9. The molecule has 0 bridgehead atoms. The second-order valence-corrected chi connectivity index (χ2v) is 8.50. The molecule has 0 radical (unpaired) electrons. The van der Waals surface area contributed by atoms with Gasteiger partial charge in [0.15, 0.2) is 0 Å². The quantitative estimate of drug-likeness (QED) is 0.553. The van der Waals surface area contributed by atoms with E-state index < -0.39 is 0 Å². The Morgan fingerprint density at radius 2 is 2.15 bits per heavy atom. The Morgan fingerprint density at radius 3 is 2.89 bits per heavy atom. The number of benzene rings is 1. The van der Waals surface area contributed by atoms with Crippen LogP contribution in [-0.4, -0.2) is 46.1 Å². The molecule has 1 atom stereocenters. The monoisotopic (exact) mass is 448 g/mol. The fourth-order valence-corrected chi connectivity index (χ4v) is 3.56. The van der Waals surface area contributed by atoms with Gasteiger partial charge in [-0.2, -0.15) is 0 Å². The van der Waals surface area contributed by atoms with Crippen molar-refractivity contribution in [2.75, 3.05) is 5.32 Å². The van der Waals surface area contributed by atoms with Crippen LogP contribution >= 0.6 is 27.7 Å². The number of rotatable bonds is 7. The number of nitrogens with zero attached hydrogens (tertiary/aromatic N) is 7. The van der Waals surface area contributed by atoms with Crippen molar-refractivity contribution in [1.82, 2.24) is 35.0 Å². The number of carbonyl (C=O) groups is 1. The Morgan fingerprint density at radius 1 is 1.37 bits per heavy atom. The van der Waals surface area contributed by atoms with Gasteiger partial charge >= 0.3 is 0 Å². The van der Waals surface area contributed by atoms with Gasteiger partial charge in [0.2, 0.25) is 17.0 Å². The smallest absolute Gasteiger partial charge is 0.248 e. The SMILES string of the molecule is CC(Sc1nnnn1C1CC1)C(=O)Nc1ncn(Cc2ccc(Br)cc2)n1. The first-order chi connectivity index (χ1) is 13.1. The second-order valence-electron chi connectivity index (χ2n) is 6.28. The van der Waals surface area contributed by atoms with E-state index in [2.05, 4.69) is 46.9 Å². The summed E-state index contributed by atoms with van der Waals surface area (Å²) in [6.07, 6.45) is 3.76. The highest BCUT2D eigenvalue weighted by atomic mass is 79.9. The van der Waals surface area contributed by atoms with Crippen LogP contribution in [0.4, 0.5) is 5.95 Å². The average Bonchev–Trinajstić information content (AvgIpc) is 3.24. The summed E-state index contributed by atoms with van der Waals surface area (Å²) in [6, 6.07) is 8.33. The molecule has 2 aromatic heterocycles. The highest BCUT2D eigenvalue weighted by molar-refractivity contribution is 9.10. The highest BCUT2D eigenvalue weighted by Gasteiger charge is 2.29. The molecule has 1 aromatic carbocycles. The molecule has 1 aliphatic rings. The molecule has 27 heavy (non-hydrogen) atoms. The number of hydrogen-bond acceptors (Lipinski definition) is 7. The predicted octanol–water partition coefficient (Wildman–Crippen LogP) is 2.53. The zero-order chi connectivity index (χ0) is 18.8. The molecule has 140 valence electrons. The van der Waals surface area contributed by atoms with Gasteiger partial charge in [0.1, 0.15) is 6.33 Å². The average molecular weight is 449 g/mol. The lowest BCUT2D eigenvalue weighted by molar-refractivity contribution is -0.115. The Kier molecular flexibility index (Phi) is 5.21. The lowest BCUT2D eigenvalue weighted by Gasteiger charge is -2.09. The number of halogens is 1. The lowest BCUT2D eigenvalue weighted by Crippen LogP contribution is -2.23. The summed E-state index contributed by atoms with van der Waals surface area (Å²) in [5, 5.41) is 19.1. The first kappa shape index (κ1) is 18.1. The van der Waals surface area contributed by atoms with Gasteiger partial charge in [0.05, 0.1) is 17.8 Å². The molecule has 3 aromatic rings. The van der Waals surface area contributed by atoms with Crippen LogP contribution in [-0.2, 0) is 11.3 Å². The van der Waals surface area contributed by atoms with Gasteiger partial charge in [-0.3, -0.25) is 10.1 Å². The zero-order valence-corrected chi connectivity index (χ0v) is 16.9. The summed E-state index contributed by atoms with van der Waals surface area (Å²) in [7, 11) is 0. The first-order valence-corrected chi connectivity index (χ1v) is 10.1. The third-order valence-corrected chi connectivity index (χ3v) is 5.61. The summed E-state index contributed by atoms with van der Waals surface area (Å²) < 4.78 is 4.50. The van der Waals surface area contributed by atoms with E-state index in [1.165, 1.54) is 11.8 Å². The minimum Gasteiger partial charge on any atom is -0.292 e. The maximum absolute atomic E-state index is 12.4. The van der Waals surface area contributed by atoms with Crippen molar-refractivity contribution < 1.29 is 4.79 Å². The summed E-state index contributed by atoms with van der Waals surface area (Å²) in [5.41, 5.74) is 1.09. The predicted molar refractivity (Wildman–Crippen MR) is 103 cm³/mol. The van der Waals surface area contributed by atoms with E-state index in [1.54, 1.807) is 15.7 Å². The fourth-order valence-electron chi connectivity index (χ4n) is 2.44. The molecule has 1 saturated carbocycles. The minimum atomic E-state index is -0.369. The van der Waals surface area contributed by atoms with Crippen molar-refractivity contribution in [3.63, 3.8) is 0 Å². The van der Waals surface area contributed by atoms with Gasteiger partial charge in [0.25, 0.3) is 0 Å². The Hall–Kier alpha value is -2.27. The van der Waals surface area contributed by atoms with Crippen molar-refractivity contribution in [3.8, 4) is 0 Å². The van der Waals surface area contributed by atoms with Gasteiger partial charge in [-0.05, 0) is 47.9 Å². The van der Waals surface area contributed by atoms with Gasteiger partial charge in [-0.1, -0.05) is 39.8 Å². The fraction of sp³-hybridized carbons (Fsp3) is 0.375. The molecule has 1 N–H and O–H groups in total. The minimum absolute atomic E-state index is 0.188. The van der Waals surface area contributed by atoms with Gasteiger partial charge in [-0.25, -0.2) is 14.3 Å². The van der Waals surface area contributed by atoms with Gasteiger partial charge in [-0.15, -0.1) is 10.2 Å². The topological polar surface area (TPSA) is 103 Å². The third-order valence-electron chi connectivity index (χ3n) is 4.04. The van der Waals surface area contributed by atoms with E-state index in [-0.39, 0.29) is 17.1 Å². The number of hydrogen-bond donors (Lipinski definition) is 1. The Labute approximate surface area is 168 Å².